The molecular formula is C23H30N6O2. The van der Waals surface area contributed by atoms with E-state index in [4.69, 9.17) is 0 Å². The van der Waals surface area contributed by atoms with Crippen LogP contribution in [0.4, 0.5) is 0 Å². The third kappa shape index (κ3) is 4.54. The number of likely N-dealkylation sites (tertiary alicyclic amines) is 1. The van der Waals surface area contributed by atoms with Crippen LogP contribution in [0.5, 0.6) is 0 Å². The maximum absolute atomic E-state index is 13.0. The first-order valence-electron chi connectivity index (χ1n) is 11.0. The number of fused-ring (bicyclic) bond motifs is 1. The quantitative estimate of drug-likeness (QED) is 0.628. The molecule has 1 aliphatic rings. The Hall–Kier alpha value is -3.00. The molecule has 1 saturated heterocycles. The summed E-state index contributed by atoms with van der Waals surface area (Å²) in [6, 6.07) is 7.99. The average molecular weight is 423 g/mol. The van der Waals surface area contributed by atoms with Crippen LogP contribution in [0.3, 0.4) is 0 Å². The number of benzene rings is 1. The van der Waals surface area contributed by atoms with E-state index in [-0.39, 0.29) is 17.9 Å². The van der Waals surface area contributed by atoms with Gasteiger partial charge in [0, 0.05) is 33.0 Å². The molecule has 1 amide bonds. The minimum absolute atomic E-state index is 0.0461. The Kier molecular flexibility index (Phi) is 6.18. The summed E-state index contributed by atoms with van der Waals surface area (Å²) in [5.74, 6) is -0.0461. The zero-order valence-electron chi connectivity index (χ0n) is 18.5. The number of amides is 1. The molecule has 0 aliphatic carbocycles. The van der Waals surface area contributed by atoms with Gasteiger partial charge >= 0.3 is 0 Å². The molecule has 31 heavy (non-hydrogen) atoms. The Labute approximate surface area is 181 Å². The molecule has 0 radical (unpaired) electrons. The van der Waals surface area contributed by atoms with E-state index >= 15 is 0 Å². The highest BCUT2D eigenvalue weighted by molar-refractivity contribution is 5.77. The number of nitrogens with zero attached hydrogens (tertiary/aromatic N) is 5. The number of nitrogens with one attached hydrogen (secondary N) is 1. The fourth-order valence-corrected chi connectivity index (χ4v) is 4.12. The molecule has 3 aromatic rings. The van der Waals surface area contributed by atoms with Crippen LogP contribution in [0.1, 0.15) is 36.2 Å². The zero-order valence-corrected chi connectivity index (χ0v) is 18.5. The van der Waals surface area contributed by atoms with Crippen LogP contribution in [0.2, 0.25) is 0 Å². The van der Waals surface area contributed by atoms with Crippen LogP contribution in [-0.4, -0.2) is 56.3 Å². The molecule has 1 fully saturated rings. The zero-order chi connectivity index (χ0) is 22.0. The number of aryl methyl sites for hydroxylation is 4. The van der Waals surface area contributed by atoms with Crippen molar-refractivity contribution in [3.63, 3.8) is 0 Å². The predicted octanol–water partition coefficient (Wildman–Crippen LogP) is 1.88. The number of hydrogen-bond acceptors (Lipinski definition) is 5. The molecule has 3 heterocycles. The molecule has 0 atom stereocenters. The summed E-state index contributed by atoms with van der Waals surface area (Å²) in [6.07, 6.45) is 3.04. The van der Waals surface area contributed by atoms with Gasteiger partial charge in [0.15, 0.2) is 5.65 Å². The summed E-state index contributed by atoms with van der Waals surface area (Å²) in [7, 11) is 1.73. The highest BCUT2D eigenvalue weighted by Crippen LogP contribution is 2.19. The van der Waals surface area contributed by atoms with Gasteiger partial charge in [-0.25, -0.2) is 9.67 Å². The monoisotopic (exact) mass is 422 g/mol. The summed E-state index contributed by atoms with van der Waals surface area (Å²) in [6.45, 7) is 7.68. The molecule has 1 aliphatic heterocycles. The molecule has 1 aromatic carbocycles. The molecular weight excluding hydrogens is 392 g/mol. The lowest BCUT2D eigenvalue weighted by Crippen LogP contribution is -2.34. The van der Waals surface area contributed by atoms with Gasteiger partial charge in [-0.05, 0) is 51.9 Å². The van der Waals surface area contributed by atoms with Crippen molar-refractivity contribution in [2.24, 2.45) is 7.05 Å². The van der Waals surface area contributed by atoms with Gasteiger partial charge in [-0.3, -0.25) is 14.2 Å². The lowest BCUT2D eigenvalue weighted by atomic mass is 10.2. The Bertz CT molecular complexity index is 1140. The summed E-state index contributed by atoms with van der Waals surface area (Å²) in [4.78, 5) is 32.2. The maximum atomic E-state index is 13.0. The second kappa shape index (κ2) is 9.01. The van der Waals surface area contributed by atoms with Crippen molar-refractivity contribution in [3.8, 4) is 5.69 Å². The smallest absolute Gasteiger partial charge is 0.273 e. The van der Waals surface area contributed by atoms with E-state index in [1.54, 1.807) is 16.3 Å². The molecule has 4 rings (SSSR count). The van der Waals surface area contributed by atoms with Crippen molar-refractivity contribution in [1.29, 1.82) is 0 Å². The number of aromatic nitrogens is 4. The molecule has 2 aromatic heterocycles. The number of hydrogen-bond donors (Lipinski definition) is 1. The summed E-state index contributed by atoms with van der Waals surface area (Å²) < 4.78 is 3.34. The van der Waals surface area contributed by atoms with Crippen LogP contribution >= 0.6 is 0 Å². The van der Waals surface area contributed by atoms with Crippen molar-refractivity contribution in [3.05, 3.63) is 51.6 Å². The van der Waals surface area contributed by atoms with Gasteiger partial charge in [-0.15, -0.1) is 0 Å². The largest absolute Gasteiger partial charge is 0.355 e. The Balaban J connectivity index is 1.49. The highest BCUT2D eigenvalue weighted by atomic mass is 16.1. The van der Waals surface area contributed by atoms with Gasteiger partial charge in [0.05, 0.1) is 11.4 Å². The lowest BCUT2D eigenvalue weighted by molar-refractivity contribution is -0.121. The normalized spacial score (nSPS) is 14.4. The maximum Gasteiger partial charge on any atom is 0.273 e. The first-order valence-corrected chi connectivity index (χ1v) is 11.0. The van der Waals surface area contributed by atoms with Crippen molar-refractivity contribution in [2.75, 3.05) is 26.2 Å². The SMILES string of the molecule is Cc1ccc(-n2nc(C)c3nc(CCC(=O)NCCN4CCCC4)c(=O)n(C)c32)cc1. The van der Waals surface area contributed by atoms with Gasteiger partial charge in [0.1, 0.15) is 11.2 Å². The molecule has 0 bridgehead atoms. The Morgan fingerprint density at radius 3 is 2.55 bits per heavy atom. The number of rotatable bonds is 7. The van der Waals surface area contributed by atoms with E-state index in [0.29, 0.717) is 29.8 Å². The molecule has 0 saturated carbocycles. The minimum atomic E-state index is -0.189. The molecule has 0 spiro atoms. The lowest BCUT2D eigenvalue weighted by Gasteiger charge is -2.14. The van der Waals surface area contributed by atoms with Crippen molar-refractivity contribution < 1.29 is 4.79 Å². The van der Waals surface area contributed by atoms with Crippen molar-refractivity contribution >= 4 is 17.1 Å². The second-order valence-electron chi connectivity index (χ2n) is 8.33. The van der Waals surface area contributed by atoms with Gasteiger partial charge in [-0.2, -0.15) is 5.10 Å². The molecule has 1 N–H and O–H groups in total. The standard InChI is InChI=1S/C23H30N6O2/c1-16-6-8-18(9-7-16)29-22-21(17(2)26-29)25-19(23(31)27(22)3)10-11-20(30)24-12-15-28-13-4-5-14-28/h6-9H,4-5,10-15H2,1-3H3,(H,24,30). The molecule has 8 heteroatoms. The fourth-order valence-electron chi connectivity index (χ4n) is 4.12. The first-order chi connectivity index (χ1) is 14.9. The Morgan fingerprint density at radius 1 is 1.13 bits per heavy atom. The predicted molar refractivity (Wildman–Crippen MR) is 121 cm³/mol. The molecule has 8 nitrogen and oxygen atoms in total. The second-order valence-corrected chi connectivity index (χ2v) is 8.33. The van der Waals surface area contributed by atoms with Crippen molar-refractivity contribution in [1.82, 2.24) is 29.5 Å². The van der Waals surface area contributed by atoms with E-state index in [1.165, 1.54) is 12.8 Å². The van der Waals surface area contributed by atoms with Crippen LogP contribution in [-0.2, 0) is 18.3 Å². The third-order valence-electron chi connectivity index (χ3n) is 5.94. The molecule has 0 unspecified atom stereocenters. The third-order valence-corrected chi connectivity index (χ3v) is 5.94. The fraction of sp³-hybridized carbons (Fsp3) is 0.478. The van der Waals surface area contributed by atoms with E-state index < -0.39 is 0 Å². The van der Waals surface area contributed by atoms with E-state index in [9.17, 15) is 9.59 Å². The van der Waals surface area contributed by atoms with Crippen LogP contribution in [0.15, 0.2) is 29.1 Å². The summed E-state index contributed by atoms with van der Waals surface area (Å²) >= 11 is 0. The average Bonchev–Trinajstić information content (AvgIpc) is 3.38. The van der Waals surface area contributed by atoms with E-state index in [2.05, 4.69) is 20.3 Å². The Morgan fingerprint density at radius 2 is 1.84 bits per heavy atom. The van der Waals surface area contributed by atoms with E-state index in [1.807, 2.05) is 38.1 Å². The van der Waals surface area contributed by atoms with Crippen LogP contribution in [0.25, 0.3) is 16.9 Å². The summed E-state index contributed by atoms with van der Waals surface area (Å²) in [5.41, 5.74) is 4.34. The topological polar surface area (TPSA) is 85.1 Å². The van der Waals surface area contributed by atoms with Gasteiger partial charge in [0.2, 0.25) is 5.91 Å². The highest BCUT2D eigenvalue weighted by Gasteiger charge is 2.18. The minimum Gasteiger partial charge on any atom is -0.355 e. The summed E-state index contributed by atoms with van der Waals surface area (Å²) in [5, 5.41) is 7.58. The first kappa shape index (κ1) is 21.2. The van der Waals surface area contributed by atoms with Crippen molar-refractivity contribution in [2.45, 2.75) is 39.5 Å². The van der Waals surface area contributed by atoms with Crippen LogP contribution < -0.4 is 10.9 Å². The van der Waals surface area contributed by atoms with Gasteiger partial charge in [0.25, 0.3) is 5.56 Å². The van der Waals surface area contributed by atoms with Gasteiger partial charge < -0.3 is 10.2 Å². The number of carbonyl (C=O) groups excluding carboxylic acids is 1. The van der Waals surface area contributed by atoms with Crippen LogP contribution in [0, 0.1) is 13.8 Å². The van der Waals surface area contributed by atoms with Gasteiger partial charge in [-0.1, -0.05) is 17.7 Å². The molecule has 164 valence electrons. The number of carbonyl (C=O) groups is 1. The van der Waals surface area contributed by atoms with E-state index in [0.717, 1.165) is 36.6 Å².